The maximum absolute atomic E-state index is 13.5. The van der Waals surface area contributed by atoms with E-state index in [1.165, 1.54) is 24.3 Å². The molecule has 9 heteroatoms. The van der Waals surface area contributed by atoms with E-state index in [0.29, 0.717) is 42.4 Å². The number of nitrogens with zero attached hydrogens (tertiary/aromatic N) is 2. The van der Waals surface area contributed by atoms with Gasteiger partial charge >= 0.3 is 0 Å². The van der Waals surface area contributed by atoms with E-state index in [0.717, 1.165) is 12.8 Å². The number of hydrogen-bond donors (Lipinski definition) is 1. The smallest absolute Gasteiger partial charge is 0.257 e. The van der Waals surface area contributed by atoms with Crippen LogP contribution in [-0.4, -0.2) is 73.5 Å². The van der Waals surface area contributed by atoms with E-state index in [4.69, 9.17) is 9.47 Å². The predicted octanol–water partition coefficient (Wildman–Crippen LogP) is 4.21. The molecule has 0 aromatic heterocycles. The number of carbonyl (C=O) groups is 3. The van der Waals surface area contributed by atoms with Crippen LogP contribution < -0.4 is 10.1 Å². The van der Waals surface area contributed by atoms with Crippen molar-refractivity contribution in [3.05, 3.63) is 59.4 Å². The van der Waals surface area contributed by atoms with E-state index < -0.39 is 11.7 Å². The Balaban J connectivity index is 1.61. The minimum atomic E-state index is -0.433. The summed E-state index contributed by atoms with van der Waals surface area (Å²) < 4.78 is 25.1. The summed E-state index contributed by atoms with van der Waals surface area (Å²) in [5.41, 5.74) is 0.984. The largest absolute Gasteiger partial charge is 0.491 e. The molecule has 1 aliphatic heterocycles. The Hall–Kier alpha value is -3.46. The molecule has 0 unspecified atom stereocenters. The van der Waals surface area contributed by atoms with Crippen molar-refractivity contribution in [3.63, 3.8) is 0 Å². The van der Waals surface area contributed by atoms with E-state index in [9.17, 15) is 18.8 Å². The number of methoxy groups -OCH3 is 1. The first-order valence-corrected chi connectivity index (χ1v) is 13.1. The standard InChI is InChI=1S/C29H36FN3O5/c1-18-15-33(27(34)13-20-5-6-20)19(2)17-38-25-12-11-23(31-28(35)21-7-9-22(30)10-8-21)14-24(25)29(36)32(3)16-26(18)37-4/h7-12,14,18-20,26H,5-6,13,15-17H2,1-4H3,(H,31,35)/t18-,19+,26-/m1/s1. The maximum Gasteiger partial charge on any atom is 0.257 e. The summed E-state index contributed by atoms with van der Waals surface area (Å²) in [5.74, 6) is -0.192. The first kappa shape index (κ1) is 27.6. The molecule has 1 saturated carbocycles. The van der Waals surface area contributed by atoms with Crippen molar-refractivity contribution in [2.75, 3.05) is 39.2 Å². The topological polar surface area (TPSA) is 88.2 Å². The molecular formula is C29H36FN3O5. The number of likely N-dealkylation sites (N-methyl/N-ethyl adjacent to an activating group) is 1. The molecule has 2 aromatic rings. The van der Waals surface area contributed by atoms with Gasteiger partial charge in [0, 0.05) is 50.8 Å². The van der Waals surface area contributed by atoms with Gasteiger partial charge in [-0.3, -0.25) is 14.4 Å². The lowest BCUT2D eigenvalue weighted by Crippen LogP contribution is -2.48. The molecule has 3 amide bonds. The summed E-state index contributed by atoms with van der Waals surface area (Å²) >= 11 is 0. The number of carbonyl (C=O) groups excluding carboxylic acids is 3. The molecule has 38 heavy (non-hydrogen) atoms. The van der Waals surface area contributed by atoms with Crippen molar-refractivity contribution in [1.82, 2.24) is 9.80 Å². The van der Waals surface area contributed by atoms with E-state index >= 15 is 0 Å². The van der Waals surface area contributed by atoms with Gasteiger partial charge in [-0.25, -0.2) is 4.39 Å². The average molecular weight is 526 g/mol. The fourth-order valence-electron chi connectivity index (χ4n) is 4.69. The van der Waals surface area contributed by atoms with Crippen LogP contribution in [0.15, 0.2) is 42.5 Å². The van der Waals surface area contributed by atoms with Crippen LogP contribution in [0, 0.1) is 17.7 Å². The number of amides is 3. The highest BCUT2D eigenvalue weighted by molar-refractivity contribution is 6.05. The Kier molecular flexibility index (Phi) is 8.66. The highest BCUT2D eigenvalue weighted by Gasteiger charge is 2.33. The van der Waals surface area contributed by atoms with E-state index in [1.807, 2.05) is 18.7 Å². The molecule has 204 valence electrons. The normalized spacial score (nSPS) is 22.6. The molecule has 0 spiro atoms. The molecule has 3 atom stereocenters. The highest BCUT2D eigenvalue weighted by atomic mass is 19.1. The summed E-state index contributed by atoms with van der Waals surface area (Å²) in [4.78, 5) is 42.8. The minimum absolute atomic E-state index is 0.0129. The van der Waals surface area contributed by atoms with Gasteiger partial charge in [0.05, 0.1) is 17.7 Å². The predicted molar refractivity (Wildman–Crippen MR) is 142 cm³/mol. The van der Waals surface area contributed by atoms with Crippen molar-refractivity contribution < 1.29 is 28.2 Å². The third kappa shape index (κ3) is 6.69. The number of fused-ring (bicyclic) bond motifs is 1. The van der Waals surface area contributed by atoms with Crippen LogP contribution in [0.1, 0.15) is 53.8 Å². The van der Waals surface area contributed by atoms with Crippen molar-refractivity contribution in [1.29, 1.82) is 0 Å². The fourth-order valence-corrected chi connectivity index (χ4v) is 4.69. The highest BCUT2D eigenvalue weighted by Crippen LogP contribution is 2.33. The van der Waals surface area contributed by atoms with E-state index in [2.05, 4.69) is 5.32 Å². The summed E-state index contributed by atoms with van der Waals surface area (Å²) in [6.07, 6.45) is 2.46. The molecular weight excluding hydrogens is 489 g/mol. The Morgan fingerprint density at radius 1 is 1.11 bits per heavy atom. The lowest BCUT2D eigenvalue weighted by molar-refractivity contribution is -0.135. The van der Waals surface area contributed by atoms with E-state index in [1.54, 1.807) is 37.3 Å². The molecule has 1 heterocycles. The molecule has 0 radical (unpaired) electrons. The van der Waals surface area contributed by atoms with Crippen LogP contribution >= 0.6 is 0 Å². The van der Waals surface area contributed by atoms with Gasteiger partial charge in [-0.1, -0.05) is 6.92 Å². The van der Waals surface area contributed by atoms with Crippen LogP contribution in [0.2, 0.25) is 0 Å². The third-order valence-electron chi connectivity index (χ3n) is 7.29. The van der Waals surface area contributed by atoms with Gasteiger partial charge in [-0.15, -0.1) is 0 Å². The number of anilines is 1. The number of ether oxygens (including phenoxy) is 2. The number of rotatable bonds is 5. The second kappa shape index (κ2) is 11.9. The van der Waals surface area contributed by atoms with Gasteiger partial charge < -0.3 is 24.6 Å². The monoisotopic (exact) mass is 525 g/mol. The number of halogens is 1. The average Bonchev–Trinajstić information content (AvgIpc) is 3.72. The van der Waals surface area contributed by atoms with Gasteiger partial charge in [0.2, 0.25) is 5.91 Å². The van der Waals surface area contributed by atoms with Gasteiger partial charge in [-0.05, 0) is 68.1 Å². The quantitative estimate of drug-likeness (QED) is 0.632. The zero-order chi connectivity index (χ0) is 27.4. The fraction of sp³-hybridized carbons (Fsp3) is 0.483. The molecule has 0 bridgehead atoms. The molecule has 0 saturated heterocycles. The second-order valence-electron chi connectivity index (χ2n) is 10.5. The zero-order valence-corrected chi connectivity index (χ0v) is 22.4. The molecule has 2 aliphatic rings. The van der Waals surface area contributed by atoms with Crippen molar-refractivity contribution in [3.8, 4) is 5.75 Å². The number of hydrogen-bond acceptors (Lipinski definition) is 5. The first-order valence-electron chi connectivity index (χ1n) is 13.1. The van der Waals surface area contributed by atoms with Gasteiger partial charge in [0.1, 0.15) is 18.2 Å². The second-order valence-corrected chi connectivity index (χ2v) is 10.5. The van der Waals surface area contributed by atoms with Crippen LogP contribution in [0.3, 0.4) is 0 Å². The summed E-state index contributed by atoms with van der Waals surface area (Å²) in [7, 11) is 3.31. The summed E-state index contributed by atoms with van der Waals surface area (Å²) in [6.45, 7) is 5.03. The molecule has 2 aromatic carbocycles. The molecule has 4 rings (SSSR count). The third-order valence-corrected chi connectivity index (χ3v) is 7.29. The van der Waals surface area contributed by atoms with Crippen molar-refractivity contribution in [2.45, 2.75) is 45.3 Å². The minimum Gasteiger partial charge on any atom is -0.491 e. The van der Waals surface area contributed by atoms with Gasteiger partial charge in [-0.2, -0.15) is 0 Å². The number of nitrogens with one attached hydrogen (secondary N) is 1. The van der Waals surface area contributed by atoms with Crippen LogP contribution in [0.25, 0.3) is 0 Å². The van der Waals surface area contributed by atoms with Gasteiger partial charge in [0.15, 0.2) is 0 Å². The molecule has 8 nitrogen and oxygen atoms in total. The SMILES string of the molecule is CO[C@@H]1CN(C)C(=O)c2cc(NC(=O)c3ccc(F)cc3)ccc2OC[C@H](C)N(C(=O)CC2CC2)C[C@H]1C. The van der Waals surface area contributed by atoms with E-state index in [-0.39, 0.29) is 42.0 Å². The molecule has 1 fully saturated rings. The first-order chi connectivity index (χ1) is 18.2. The zero-order valence-electron chi connectivity index (χ0n) is 22.4. The molecule has 1 N–H and O–H groups in total. The number of benzene rings is 2. The van der Waals surface area contributed by atoms with Crippen molar-refractivity contribution in [2.24, 2.45) is 11.8 Å². The van der Waals surface area contributed by atoms with Crippen LogP contribution in [0.4, 0.5) is 10.1 Å². The lowest BCUT2D eigenvalue weighted by Gasteiger charge is -2.36. The van der Waals surface area contributed by atoms with Gasteiger partial charge in [0.25, 0.3) is 11.8 Å². The molecule has 1 aliphatic carbocycles. The Bertz CT molecular complexity index is 1170. The Morgan fingerprint density at radius 2 is 1.82 bits per heavy atom. The maximum atomic E-state index is 13.5. The van der Waals surface area contributed by atoms with Crippen LogP contribution in [0.5, 0.6) is 5.75 Å². The lowest BCUT2D eigenvalue weighted by atomic mass is 10.0. The summed E-state index contributed by atoms with van der Waals surface area (Å²) in [5, 5.41) is 2.77. The van der Waals surface area contributed by atoms with Crippen LogP contribution in [-0.2, 0) is 9.53 Å². The summed E-state index contributed by atoms with van der Waals surface area (Å²) in [6, 6.07) is 9.88. The Morgan fingerprint density at radius 3 is 2.47 bits per heavy atom. The Labute approximate surface area is 223 Å². The van der Waals surface area contributed by atoms with Crippen molar-refractivity contribution >= 4 is 23.4 Å².